The number of nitrogens with one attached hydrogen (secondary N) is 1. The predicted molar refractivity (Wildman–Crippen MR) is 116 cm³/mol. The third-order valence-electron chi connectivity index (χ3n) is 5.82. The van der Waals surface area contributed by atoms with Crippen LogP contribution < -0.4 is 0 Å². The second-order valence-electron chi connectivity index (χ2n) is 7.69. The van der Waals surface area contributed by atoms with Gasteiger partial charge in [0.1, 0.15) is 0 Å². The molecule has 2 amide bonds. The maximum atomic E-state index is 13.0. The molecule has 1 aliphatic rings. The van der Waals surface area contributed by atoms with Crippen molar-refractivity contribution < 1.29 is 14.4 Å². The van der Waals surface area contributed by atoms with Crippen LogP contribution in [0.2, 0.25) is 0 Å². The Morgan fingerprint density at radius 2 is 1.80 bits per heavy atom. The minimum absolute atomic E-state index is 0.0513. The van der Waals surface area contributed by atoms with Crippen LogP contribution in [-0.2, 0) is 11.2 Å². The number of carbonyl (C=O) groups excluding carboxylic acids is 3. The zero-order valence-corrected chi connectivity index (χ0v) is 17.2. The first-order valence-electron chi connectivity index (χ1n) is 10.3. The Balaban J connectivity index is 1.49. The van der Waals surface area contributed by atoms with Crippen molar-refractivity contribution >= 4 is 28.5 Å². The van der Waals surface area contributed by atoms with Crippen molar-refractivity contribution in [3.63, 3.8) is 0 Å². The molecule has 1 fully saturated rings. The van der Waals surface area contributed by atoms with Gasteiger partial charge >= 0.3 is 0 Å². The Hall–Kier alpha value is -3.41. The van der Waals surface area contributed by atoms with Gasteiger partial charge in [0.2, 0.25) is 0 Å². The van der Waals surface area contributed by atoms with E-state index in [0.29, 0.717) is 30.8 Å². The topological polar surface area (TPSA) is 73.5 Å². The van der Waals surface area contributed by atoms with Crippen molar-refractivity contribution in [1.82, 2.24) is 14.8 Å². The summed E-state index contributed by atoms with van der Waals surface area (Å²) in [5.41, 5.74) is 3.05. The SMILES string of the molecule is CCc1cccc2c(C(=O)C(=O)N3CCN(C(=O)c4ccccc4)C[C@@H]3C)c[nH]c12. The molecule has 0 radical (unpaired) electrons. The maximum absolute atomic E-state index is 13.0. The van der Waals surface area contributed by atoms with E-state index < -0.39 is 11.7 Å². The maximum Gasteiger partial charge on any atom is 0.295 e. The largest absolute Gasteiger partial charge is 0.360 e. The van der Waals surface area contributed by atoms with Crippen LogP contribution in [0.15, 0.2) is 54.7 Å². The number of carbonyl (C=O) groups is 3. The number of benzene rings is 2. The van der Waals surface area contributed by atoms with E-state index in [1.54, 1.807) is 28.1 Å². The summed E-state index contributed by atoms with van der Waals surface area (Å²) < 4.78 is 0. The highest BCUT2D eigenvalue weighted by molar-refractivity contribution is 6.45. The van der Waals surface area contributed by atoms with Crippen LogP contribution >= 0.6 is 0 Å². The second-order valence-corrected chi connectivity index (χ2v) is 7.69. The molecule has 1 saturated heterocycles. The molecular formula is C24H25N3O3. The summed E-state index contributed by atoms with van der Waals surface area (Å²) in [5.74, 6) is -1.08. The van der Waals surface area contributed by atoms with Gasteiger partial charge in [0, 0.05) is 48.3 Å². The standard InChI is InChI=1S/C24H25N3O3/c1-3-17-10-7-11-19-20(14-25-21(17)19)22(28)24(30)27-13-12-26(15-16(27)2)23(29)18-8-5-4-6-9-18/h4-11,14,16,25H,3,12-13,15H2,1-2H3/t16-/m0/s1. The summed E-state index contributed by atoms with van der Waals surface area (Å²) in [6, 6.07) is 14.7. The van der Waals surface area contributed by atoms with Crippen molar-refractivity contribution in [2.24, 2.45) is 0 Å². The monoisotopic (exact) mass is 403 g/mol. The first kappa shape index (κ1) is 19.9. The number of amides is 2. The molecular weight excluding hydrogens is 378 g/mol. The van der Waals surface area contributed by atoms with Crippen LogP contribution in [0.4, 0.5) is 0 Å². The third-order valence-corrected chi connectivity index (χ3v) is 5.82. The van der Waals surface area contributed by atoms with Crippen molar-refractivity contribution in [2.45, 2.75) is 26.3 Å². The summed E-state index contributed by atoms with van der Waals surface area (Å²) in [7, 11) is 0. The molecule has 0 bridgehead atoms. The fourth-order valence-electron chi connectivity index (χ4n) is 4.15. The molecule has 2 heterocycles. The molecule has 0 aliphatic carbocycles. The lowest BCUT2D eigenvalue weighted by atomic mass is 10.0. The Labute approximate surface area is 175 Å². The Bertz CT molecular complexity index is 1100. The lowest BCUT2D eigenvalue weighted by molar-refractivity contribution is -0.130. The average Bonchev–Trinajstić information content (AvgIpc) is 3.22. The Kier molecular flexibility index (Phi) is 5.40. The van der Waals surface area contributed by atoms with E-state index in [4.69, 9.17) is 0 Å². The molecule has 2 aromatic carbocycles. The number of aromatic amines is 1. The fraction of sp³-hybridized carbons (Fsp3) is 0.292. The zero-order valence-electron chi connectivity index (χ0n) is 17.2. The minimum Gasteiger partial charge on any atom is -0.360 e. The number of H-pyrrole nitrogens is 1. The lowest BCUT2D eigenvalue weighted by Crippen LogP contribution is -2.56. The van der Waals surface area contributed by atoms with Crippen LogP contribution in [0.25, 0.3) is 10.9 Å². The highest BCUT2D eigenvalue weighted by atomic mass is 16.2. The Morgan fingerprint density at radius 1 is 1.03 bits per heavy atom. The van der Waals surface area contributed by atoms with E-state index in [1.807, 2.05) is 43.3 Å². The van der Waals surface area contributed by atoms with Gasteiger partial charge in [0.25, 0.3) is 17.6 Å². The summed E-state index contributed by atoms with van der Waals surface area (Å²) in [6.45, 7) is 5.08. The van der Waals surface area contributed by atoms with E-state index in [2.05, 4.69) is 11.9 Å². The number of piperazine rings is 1. The molecule has 1 aliphatic heterocycles. The van der Waals surface area contributed by atoms with Gasteiger partial charge in [-0.05, 0) is 31.0 Å². The van der Waals surface area contributed by atoms with Gasteiger partial charge in [-0.2, -0.15) is 0 Å². The number of aryl methyl sites for hydroxylation is 1. The molecule has 3 aromatic rings. The predicted octanol–water partition coefficient (Wildman–Crippen LogP) is 3.29. The number of nitrogens with zero attached hydrogens (tertiary/aromatic N) is 2. The molecule has 0 unspecified atom stereocenters. The molecule has 30 heavy (non-hydrogen) atoms. The molecule has 6 nitrogen and oxygen atoms in total. The van der Waals surface area contributed by atoms with Crippen molar-refractivity contribution in [3.05, 3.63) is 71.4 Å². The third kappa shape index (κ3) is 3.49. The quantitative estimate of drug-likeness (QED) is 0.537. The number of para-hydroxylation sites is 1. The van der Waals surface area contributed by atoms with E-state index in [-0.39, 0.29) is 11.9 Å². The summed E-state index contributed by atoms with van der Waals surface area (Å²) in [4.78, 5) is 45.2. The highest BCUT2D eigenvalue weighted by Gasteiger charge is 2.34. The summed E-state index contributed by atoms with van der Waals surface area (Å²) in [5, 5.41) is 0.776. The molecule has 4 rings (SSSR count). The van der Waals surface area contributed by atoms with Crippen molar-refractivity contribution in [2.75, 3.05) is 19.6 Å². The molecule has 1 atom stereocenters. The number of hydrogen-bond donors (Lipinski definition) is 1. The van der Waals surface area contributed by atoms with E-state index in [1.165, 1.54) is 0 Å². The van der Waals surface area contributed by atoms with Crippen LogP contribution in [0.3, 0.4) is 0 Å². The number of fused-ring (bicyclic) bond motifs is 1. The van der Waals surface area contributed by atoms with Gasteiger partial charge in [-0.3, -0.25) is 14.4 Å². The molecule has 0 saturated carbocycles. The number of aromatic nitrogens is 1. The van der Waals surface area contributed by atoms with E-state index in [0.717, 1.165) is 22.9 Å². The summed E-state index contributed by atoms with van der Waals surface area (Å²) in [6.07, 6.45) is 2.47. The van der Waals surface area contributed by atoms with Crippen LogP contribution in [0.1, 0.15) is 40.1 Å². The normalized spacial score (nSPS) is 16.7. The van der Waals surface area contributed by atoms with E-state index in [9.17, 15) is 14.4 Å². The van der Waals surface area contributed by atoms with Gasteiger partial charge < -0.3 is 14.8 Å². The minimum atomic E-state index is -0.517. The van der Waals surface area contributed by atoms with Gasteiger partial charge in [0.05, 0.1) is 5.56 Å². The Morgan fingerprint density at radius 3 is 2.50 bits per heavy atom. The van der Waals surface area contributed by atoms with Gasteiger partial charge in [-0.15, -0.1) is 0 Å². The van der Waals surface area contributed by atoms with Crippen LogP contribution in [-0.4, -0.2) is 58.1 Å². The fourth-order valence-corrected chi connectivity index (χ4v) is 4.15. The number of hydrogen-bond acceptors (Lipinski definition) is 3. The van der Waals surface area contributed by atoms with Crippen molar-refractivity contribution in [1.29, 1.82) is 0 Å². The van der Waals surface area contributed by atoms with Crippen LogP contribution in [0.5, 0.6) is 0 Å². The number of ketones is 1. The second kappa shape index (κ2) is 8.14. The molecule has 6 heteroatoms. The van der Waals surface area contributed by atoms with Crippen molar-refractivity contribution in [3.8, 4) is 0 Å². The summed E-state index contributed by atoms with van der Waals surface area (Å²) >= 11 is 0. The molecule has 1 aromatic heterocycles. The average molecular weight is 403 g/mol. The number of rotatable bonds is 4. The molecule has 154 valence electrons. The number of Topliss-reactive ketones (excluding diaryl/α,β-unsaturated/α-hetero) is 1. The van der Waals surface area contributed by atoms with E-state index >= 15 is 0 Å². The molecule has 0 spiro atoms. The van der Waals surface area contributed by atoms with Gasteiger partial charge in [-0.1, -0.05) is 43.3 Å². The smallest absolute Gasteiger partial charge is 0.295 e. The molecule has 1 N–H and O–H groups in total. The lowest BCUT2D eigenvalue weighted by Gasteiger charge is -2.39. The highest BCUT2D eigenvalue weighted by Crippen LogP contribution is 2.24. The first-order valence-corrected chi connectivity index (χ1v) is 10.3. The van der Waals surface area contributed by atoms with Gasteiger partial charge in [-0.25, -0.2) is 0 Å². The van der Waals surface area contributed by atoms with Gasteiger partial charge in [0.15, 0.2) is 0 Å². The van der Waals surface area contributed by atoms with Crippen LogP contribution in [0, 0.1) is 0 Å². The zero-order chi connectivity index (χ0) is 21.3. The first-order chi connectivity index (χ1) is 14.5.